The van der Waals surface area contributed by atoms with E-state index in [0.717, 1.165) is 34.1 Å². The zero-order valence-electron chi connectivity index (χ0n) is 16.7. The fraction of sp³-hybridized carbons (Fsp3) is 0.261. The van der Waals surface area contributed by atoms with Crippen molar-refractivity contribution >= 4 is 22.7 Å². The molecule has 0 aliphatic rings. The van der Waals surface area contributed by atoms with Crippen LogP contribution in [0.5, 0.6) is 0 Å². The van der Waals surface area contributed by atoms with Crippen molar-refractivity contribution in [3.8, 4) is 0 Å². The van der Waals surface area contributed by atoms with Gasteiger partial charge in [0.05, 0.1) is 11.1 Å². The Balaban J connectivity index is 1.91. The summed E-state index contributed by atoms with van der Waals surface area (Å²) >= 11 is 0. The van der Waals surface area contributed by atoms with Gasteiger partial charge in [0.2, 0.25) is 0 Å². The SMILES string of the molecule is CCc1nc2ccccc2c(C(=O)N(C)Cc2ccc(C(=O)NC)cc2)c1C. The zero-order valence-corrected chi connectivity index (χ0v) is 16.7. The van der Waals surface area contributed by atoms with Gasteiger partial charge in [-0.3, -0.25) is 14.6 Å². The number of aryl methyl sites for hydroxylation is 1. The van der Waals surface area contributed by atoms with Crippen molar-refractivity contribution in [2.45, 2.75) is 26.8 Å². The normalized spacial score (nSPS) is 10.7. The van der Waals surface area contributed by atoms with Crippen molar-refractivity contribution in [3.63, 3.8) is 0 Å². The summed E-state index contributed by atoms with van der Waals surface area (Å²) in [6, 6.07) is 15.1. The lowest BCUT2D eigenvalue weighted by Gasteiger charge is -2.21. The molecule has 0 atom stereocenters. The summed E-state index contributed by atoms with van der Waals surface area (Å²) in [5, 5.41) is 3.48. The van der Waals surface area contributed by atoms with Gasteiger partial charge < -0.3 is 10.2 Å². The minimum atomic E-state index is -0.123. The minimum Gasteiger partial charge on any atom is -0.355 e. The molecule has 3 aromatic rings. The maximum Gasteiger partial charge on any atom is 0.254 e. The first-order valence-corrected chi connectivity index (χ1v) is 9.41. The number of hydrogen-bond acceptors (Lipinski definition) is 3. The Morgan fingerprint density at radius 3 is 2.39 bits per heavy atom. The molecule has 5 heteroatoms. The second-order valence-electron chi connectivity index (χ2n) is 6.87. The van der Waals surface area contributed by atoms with E-state index < -0.39 is 0 Å². The molecular formula is C23H25N3O2. The second-order valence-corrected chi connectivity index (χ2v) is 6.87. The standard InChI is InChI=1S/C23H25N3O2/c1-5-19-15(2)21(18-8-6-7-9-20(18)25-19)23(28)26(4)14-16-10-12-17(13-11-16)22(27)24-3/h6-13H,5,14H2,1-4H3,(H,24,27). The first-order chi connectivity index (χ1) is 13.5. The van der Waals surface area contributed by atoms with Crippen LogP contribution in [0.3, 0.4) is 0 Å². The highest BCUT2D eigenvalue weighted by Crippen LogP contribution is 2.25. The summed E-state index contributed by atoms with van der Waals surface area (Å²) in [7, 11) is 3.41. The van der Waals surface area contributed by atoms with Crippen LogP contribution in [0.2, 0.25) is 0 Å². The molecule has 2 aromatic carbocycles. The third-order valence-corrected chi connectivity index (χ3v) is 5.00. The van der Waals surface area contributed by atoms with Crippen molar-refractivity contribution in [1.82, 2.24) is 15.2 Å². The molecule has 28 heavy (non-hydrogen) atoms. The van der Waals surface area contributed by atoms with Gasteiger partial charge in [0.1, 0.15) is 0 Å². The number of carbonyl (C=O) groups excluding carboxylic acids is 2. The molecule has 0 aliphatic heterocycles. The van der Waals surface area contributed by atoms with Crippen molar-refractivity contribution in [1.29, 1.82) is 0 Å². The van der Waals surface area contributed by atoms with Gasteiger partial charge in [0.25, 0.3) is 11.8 Å². The van der Waals surface area contributed by atoms with E-state index in [4.69, 9.17) is 4.98 Å². The summed E-state index contributed by atoms with van der Waals surface area (Å²) in [4.78, 5) is 31.4. The Labute approximate surface area is 165 Å². The van der Waals surface area contributed by atoms with Crippen LogP contribution in [-0.4, -0.2) is 35.8 Å². The Morgan fingerprint density at radius 1 is 1.07 bits per heavy atom. The Hall–Kier alpha value is -3.21. The molecule has 5 nitrogen and oxygen atoms in total. The van der Waals surface area contributed by atoms with Gasteiger partial charge in [-0.2, -0.15) is 0 Å². The molecule has 144 valence electrons. The molecule has 0 fully saturated rings. The van der Waals surface area contributed by atoms with Crippen LogP contribution in [0.1, 0.15) is 44.5 Å². The Kier molecular flexibility index (Phi) is 5.73. The molecule has 1 N–H and O–H groups in total. The number of rotatable bonds is 5. The summed E-state index contributed by atoms with van der Waals surface area (Å²) in [5.41, 5.74) is 5.01. The molecular weight excluding hydrogens is 350 g/mol. The number of benzene rings is 2. The Bertz CT molecular complexity index is 1030. The number of para-hydroxylation sites is 1. The number of hydrogen-bond donors (Lipinski definition) is 1. The van der Waals surface area contributed by atoms with Gasteiger partial charge in [-0.25, -0.2) is 0 Å². The highest BCUT2D eigenvalue weighted by Gasteiger charge is 2.20. The molecule has 1 aromatic heterocycles. The average Bonchev–Trinajstić information content (AvgIpc) is 2.72. The summed E-state index contributed by atoms with van der Waals surface area (Å²) < 4.78 is 0. The van der Waals surface area contributed by atoms with Gasteiger partial charge in [0.15, 0.2) is 0 Å². The molecule has 0 bridgehead atoms. The Morgan fingerprint density at radius 2 is 1.75 bits per heavy atom. The highest BCUT2D eigenvalue weighted by molar-refractivity contribution is 6.07. The van der Waals surface area contributed by atoms with E-state index in [9.17, 15) is 9.59 Å². The van der Waals surface area contributed by atoms with E-state index >= 15 is 0 Å². The predicted molar refractivity (Wildman–Crippen MR) is 111 cm³/mol. The maximum absolute atomic E-state index is 13.3. The summed E-state index contributed by atoms with van der Waals surface area (Å²) in [5.74, 6) is -0.150. The topological polar surface area (TPSA) is 62.3 Å². The lowest BCUT2D eigenvalue weighted by Crippen LogP contribution is -2.27. The van der Waals surface area contributed by atoms with E-state index in [2.05, 4.69) is 12.2 Å². The van der Waals surface area contributed by atoms with Crippen LogP contribution in [0.25, 0.3) is 10.9 Å². The van der Waals surface area contributed by atoms with Gasteiger partial charge >= 0.3 is 0 Å². The number of nitrogens with zero attached hydrogens (tertiary/aromatic N) is 2. The van der Waals surface area contributed by atoms with Crippen molar-refractivity contribution in [2.24, 2.45) is 0 Å². The van der Waals surface area contributed by atoms with Crippen LogP contribution in [0.15, 0.2) is 48.5 Å². The highest BCUT2D eigenvalue weighted by atomic mass is 16.2. The lowest BCUT2D eigenvalue weighted by atomic mass is 9.99. The van der Waals surface area contributed by atoms with Gasteiger partial charge in [-0.05, 0) is 42.7 Å². The zero-order chi connectivity index (χ0) is 20.3. The van der Waals surface area contributed by atoms with Gasteiger partial charge in [0, 0.05) is 37.3 Å². The van der Waals surface area contributed by atoms with Crippen LogP contribution in [0, 0.1) is 6.92 Å². The van der Waals surface area contributed by atoms with E-state index in [1.54, 1.807) is 31.1 Å². The largest absolute Gasteiger partial charge is 0.355 e. The monoisotopic (exact) mass is 375 g/mol. The van der Waals surface area contributed by atoms with Gasteiger partial charge in [-0.15, -0.1) is 0 Å². The average molecular weight is 375 g/mol. The van der Waals surface area contributed by atoms with E-state index in [1.807, 2.05) is 43.3 Å². The minimum absolute atomic E-state index is 0.0267. The quantitative estimate of drug-likeness (QED) is 0.739. The van der Waals surface area contributed by atoms with Crippen molar-refractivity contribution in [3.05, 3.63) is 76.5 Å². The third kappa shape index (κ3) is 3.74. The number of amides is 2. The third-order valence-electron chi connectivity index (χ3n) is 5.00. The fourth-order valence-electron chi connectivity index (χ4n) is 3.42. The maximum atomic E-state index is 13.3. The number of carbonyl (C=O) groups is 2. The predicted octanol–water partition coefficient (Wildman–Crippen LogP) is 3.74. The molecule has 3 rings (SSSR count). The number of fused-ring (bicyclic) bond motifs is 1. The molecule has 0 unspecified atom stereocenters. The molecule has 2 amide bonds. The van der Waals surface area contributed by atoms with E-state index in [0.29, 0.717) is 17.7 Å². The van der Waals surface area contributed by atoms with Crippen molar-refractivity contribution in [2.75, 3.05) is 14.1 Å². The van der Waals surface area contributed by atoms with E-state index in [-0.39, 0.29) is 11.8 Å². The smallest absolute Gasteiger partial charge is 0.254 e. The van der Waals surface area contributed by atoms with Crippen molar-refractivity contribution < 1.29 is 9.59 Å². The first kappa shape index (κ1) is 19.5. The van der Waals surface area contributed by atoms with Gasteiger partial charge in [-0.1, -0.05) is 37.3 Å². The van der Waals surface area contributed by atoms with Crippen LogP contribution in [-0.2, 0) is 13.0 Å². The summed E-state index contributed by atoms with van der Waals surface area (Å²) in [6.45, 7) is 4.48. The second kappa shape index (κ2) is 8.21. The number of aromatic nitrogens is 1. The lowest BCUT2D eigenvalue weighted by molar-refractivity contribution is 0.0785. The molecule has 0 radical (unpaired) electrons. The van der Waals surface area contributed by atoms with E-state index in [1.165, 1.54) is 0 Å². The van der Waals surface area contributed by atoms with Crippen LogP contribution >= 0.6 is 0 Å². The molecule has 0 spiro atoms. The van der Waals surface area contributed by atoms with Crippen LogP contribution in [0.4, 0.5) is 0 Å². The summed E-state index contributed by atoms with van der Waals surface area (Å²) in [6.07, 6.45) is 0.779. The molecule has 0 aliphatic carbocycles. The fourth-order valence-corrected chi connectivity index (χ4v) is 3.42. The first-order valence-electron chi connectivity index (χ1n) is 9.41. The molecule has 0 saturated heterocycles. The molecule has 0 saturated carbocycles. The molecule has 1 heterocycles. The number of pyridine rings is 1. The van der Waals surface area contributed by atoms with Crippen LogP contribution < -0.4 is 5.32 Å². The number of nitrogens with one attached hydrogen (secondary N) is 1.